The molecule has 0 aliphatic carbocycles. The van der Waals surface area contributed by atoms with E-state index in [4.69, 9.17) is 25.5 Å². The van der Waals surface area contributed by atoms with Crippen LogP contribution < -0.4 is 0 Å². The van der Waals surface area contributed by atoms with Crippen LogP contribution in [-0.2, 0) is 0 Å². The number of hydrogen-bond donors (Lipinski definition) is 2. The SMILES string of the molecule is CCCC#N.CCCC#N.O=C(O)O. The van der Waals surface area contributed by atoms with E-state index in [9.17, 15) is 0 Å². The van der Waals surface area contributed by atoms with Gasteiger partial charge in [-0.05, 0) is 12.8 Å². The average Bonchev–Trinajstić information content (AvgIpc) is 2.07. The summed E-state index contributed by atoms with van der Waals surface area (Å²) in [6.07, 6.45) is 1.52. The summed E-state index contributed by atoms with van der Waals surface area (Å²) >= 11 is 0. The average molecular weight is 200 g/mol. The molecule has 0 aromatic carbocycles. The van der Waals surface area contributed by atoms with E-state index in [2.05, 4.69) is 0 Å². The van der Waals surface area contributed by atoms with Gasteiger partial charge >= 0.3 is 6.16 Å². The molecule has 14 heavy (non-hydrogen) atoms. The number of rotatable bonds is 2. The van der Waals surface area contributed by atoms with Crippen LogP contribution in [0.3, 0.4) is 0 Å². The van der Waals surface area contributed by atoms with Gasteiger partial charge in [0.05, 0.1) is 12.1 Å². The van der Waals surface area contributed by atoms with E-state index < -0.39 is 6.16 Å². The predicted octanol–water partition coefficient (Wildman–Crippen LogP) is 2.84. The fraction of sp³-hybridized carbons (Fsp3) is 0.667. The van der Waals surface area contributed by atoms with Crippen LogP contribution in [0.5, 0.6) is 0 Å². The van der Waals surface area contributed by atoms with Crippen molar-refractivity contribution < 1.29 is 15.0 Å². The van der Waals surface area contributed by atoms with Crippen LogP contribution in [0.15, 0.2) is 0 Å². The number of unbranched alkanes of at least 4 members (excludes halogenated alkanes) is 2. The number of hydrogen-bond acceptors (Lipinski definition) is 3. The van der Waals surface area contributed by atoms with E-state index in [1.165, 1.54) is 0 Å². The molecule has 0 aliphatic rings. The third-order valence-electron chi connectivity index (χ3n) is 0.724. The molecule has 0 atom stereocenters. The summed E-state index contributed by atoms with van der Waals surface area (Å²) in [6, 6.07) is 4.03. The van der Waals surface area contributed by atoms with Crippen molar-refractivity contribution in [1.29, 1.82) is 10.5 Å². The maximum atomic E-state index is 8.56. The molecule has 2 N–H and O–H groups in total. The quantitative estimate of drug-likeness (QED) is 0.712. The van der Waals surface area contributed by atoms with Crippen molar-refractivity contribution in [3.8, 4) is 12.1 Å². The first-order chi connectivity index (χ1) is 6.56. The Hall–Kier alpha value is -1.75. The van der Waals surface area contributed by atoms with Gasteiger partial charge < -0.3 is 10.2 Å². The van der Waals surface area contributed by atoms with Gasteiger partial charge in [0.25, 0.3) is 0 Å². The van der Waals surface area contributed by atoms with Crippen LogP contribution in [0.2, 0.25) is 0 Å². The normalized spacial score (nSPS) is 6.29. The van der Waals surface area contributed by atoms with Crippen LogP contribution in [0.1, 0.15) is 39.5 Å². The molecule has 5 heteroatoms. The van der Waals surface area contributed by atoms with E-state index >= 15 is 0 Å². The number of nitrogens with zero attached hydrogens (tertiary/aromatic N) is 2. The second-order valence-corrected chi connectivity index (χ2v) is 2.10. The third-order valence-corrected chi connectivity index (χ3v) is 0.724. The van der Waals surface area contributed by atoms with Gasteiger partial charge in [-0.1, -0.05) is 13.8 Å². The van der Waals surface area contributed by atoms with Gasteiger partial charge in [-0.25, -0.2) is 4.79 Å². The molecule has 0 saturated heterocycles. The monoisotopic (exact) mass is 200 g/mol. The Balaban J connectivity index is -0.000000131. The molecule has 0 radical (unpaired) electrons. The van der Waals surface area contributed by atoms with Gasteiger partial charge in [0.15, 0.2) is 0 Å². The zero-order valence-electron chi connectivity index (χ0n) is 8.53. The number of nitriles is 2. The highest BCUT2D eigenvalue weighted by Crippen LogP contribution is 1.77. The molecule has 0 saturated carbocycles. The minimum Gasteiger partial charge on any atom is -0.450 e. The van der Waals surface area contributed by atoms with Crippen molar-refractivity contribution in [3.05, 3.63) is 0 Å². The topological polar surface area (TPSA) is 105 Å². The second-order valence-electron chi connectivity index (χ2n) is 2.10. The summed E-state index contributed by atoms with van der Waals surface area (Å²) in [5.74, 6) is 0. The fourth-order valence-electron chi connectivity index (χ4n) is 0.224. The van der Waals surface area contributed by atoms with Crippen LogP contribution in [0.25, 0.3) is 0 Å². The summed E-state index contributed by atoms with van der Waals surface area (Å²) in [6.45, 7) is 3.98. The van der Waals surface area contributed by atoms with Gasteiger partial charge in [0.2, 0.25) is 0 Å². The first-order valence-electron chi connectivity index (χ1n) is 4.22. The summed E-state index contributed by atoms with van der Waals surface area (Å²) in [7, 11) is 0. The molecule has 0 rings (SSSR count). The van der Waals surface area contributed by atoms with Crippen LogP contribution in [0.4, 0.5) is 4.79 Å². The first-order valence-corrected chi connectivity index (χ1v) is 4.22. The minimum absolute atomic E-state index is 0.694. The summed E-state index contributed by atoms with van der Waals surface area (Å²) in [5, 5.41) is 29.6. The minimum atomic E-state index is -1.83. The van der Waals surface area contributed by atoms with Crippen LogP contribution in [-0.4, -0.2) is 16.4 Å². The maximum absolute atomic E-state index is 8.56. The van der Waals surface area contributed by atoms with E-state index in [-0.39, 0.29) is 0 Å². The molecule has 0 aromatic rings. The Morgan fingerprint density at radius 1 is 1.07 bits per heavy atom. The summed E-state index contributed by atoms with van der Waals surface area (Å²) < 4.78 is 0. The van der Waals surface area contributed by atoms with Gasteiger partial charge in [-0.15, -0.1) is 0 Å². The van der Waals surface area contributed by atoms with Gasteiger partial charge in [0, 0.05) is 12.8 Å². The molecule has 0 aliphatic heterocycles. The number of carbonyl (C=O) groups is 1. The van der Waals surface area contributed by atoms with Crippen molar-refractivity contribution in [2.45, 2.75) is 39.5 Å². The Labute approximate surface area is 84.2 Å². The van der Waals surface area contributed by atoms with Crippen molar-refractivity contribution >= 4 is 6.16 Å². The molecule has 80 valence electrons. The molecule has 5 nitrogen and oxygen atoms in total. The van der Waals surface area contributed by atoms with E-state index in [0.717, 1.165) is 12.8 Å². The zero-order chi connectivity index (χ0) is 11.8. The van der Waals surface area contributed by atoms with Crippen molar-refractivity contribution in [3.63, 3.8) is 0 Å². The Bertz CT molecular complexity index is 171. The van der Waals surface area contributed by atoms with E-state index in [1.807, 2.05) is 26.0 Å². The maximum Gasteiger partial charge on any atom is 0.503 e. The molecule has 0 amide bonds. The molecule has 0 heterocycles. The lowest BCUT2D eigenvalue weighted by atomic mass is 10.4. The largest absolute Gasteiger partial charge is 0.503 e. The van der Waals surface area contributed by atoms with Crippen molar-refractivity contribution in [1.82, 2.24) is 0 Å². The highest BCUT2D eigenvalue weighted by Gasteiger charge is 1.70. The lowest BCUT2D eigenvalue weighted by Crippen LogP contribution is -1.81. The van der Waals surface area contributed by atoms with Gasteiger partial charge in [-0.2, -0.15) is 10.5 Å². The summed E-state index contributed by atoms with van der Waals surface area (Å²) in [5.41, 5.74) is 0. The van der Waals surface area contributed by atoms with Crippen molar-refractivity contribution in [2.24, 2.45) is 0 Å². The zero-order valence-corrected chi connectivity index (χ0v) is 8.53. The molecule has 0 spiro atoms. The predicted molar refractivity (Wildman–Crippen MR) is 51.7 cm³/mol. The molecule has 0 unspecified atom stereocenters. The Morgan fingerprint density at radius 3 is 1.29 bits per heavy atom. The second kappa shape index (κ2) is 22.5. The molecular formula is C9H16N2O3. The van der Waals surface area contributed by atoms with Crippen molar-refractivity contribution in [2.75, 3.05) is 0 Å². The highest BCUT2D eigenvalue weighted by molar-refractivity contribution is 5.53. The highest BCUT2D eigenvalue weighted by atomic mass is 16.6. The van der Waals surface area contributed by atoms with Gasteiger partial charge in [0.1, 0.15) is 0 Å². The lowest BCUT2D eigenvalue weighted by molar-refractivity contribution is 0.137. The smallest absolute Gasteiger partial charge is 0.450 e. The van der Waals surface area contributed by atoms with Crippen LogP contribution in [0, 0.1) is 22.7 Å². The third kappa shape index (κ3) is 173. The molecule has 0 fully saturated rings. The van der Waals surface area contributed by atoms with Gasteiger partial charge in [-0.3, -0.25) is 0 Å². The standard InChI is InChI=1S/2C4H7N.CH2O3/c2*1-2-3-4-5;2-1(3)4/h2*2-3H2,1H3;(H2,2,3,4). The Morgan fingerprint density at radius 2 is 1.29 bits per heavy atom. The lowest BCUT2D eigenvalue weighted by Gasteiger charge is -1.65. The van der Waals surface area contributed by atoms with E-state index in [0.29, 0.717) is 12.8 Å². The van der Waals surface area contributed by atoms with E-state index in [1.54, 1.807) is 0 Å². The summed E-state index contributed by atoms with van der Waals surface area (Å²) in [4.78, 5) is 8.56. The molecule has 0 aromatic heterocycles. The number of carboxylic acid groups (broad SMARTS) is 2. The fourth-order valence-corrected chi connectivity index (χ4v) is 0.224. The molecule has 0 bridgehead atoms. The Kier molecular flexibility index (Phi) is 29.1. The van der Waals surface area contributed by atoms with Crippen LogP contribution >= 0.6 is 0 Å². The molecular weight excluding hydrogens is 184 g/mol. The first kappa shape index (κ1) is 18.1.